The number of benzene rings is 2. The average molecular weight is 1170 g/mol. The molecule has 2 atom stereocenters. The molecule has 2 N–H and O–H groups in total. The number of piperidine rings is 4. The molecule has 4 fully saturated rings. The first kappa shape index (κ1) is 57.5. The van der Waals surface area contributed by atoms with Gasteiger partial charge < -0.3 is 57.9 Å². The van der Waals surface area contributed by atoms with Crippen molar-refractivity contribution in [1.82, 2.24) is 38.7 Å². The molecule has 14 rings (SSSR count). The number of hydrogen-bond acceptors (Lipinski definition) is 16. The molecule has 0 radical (unpaired) electrons. The van der Waals surface area contributed by atoms with Gasteiger partial charge in [0.1, 0.15) is 24.7 Å². The Morgan fingerprint density at radius 2 is 0.919 bits per heavy atom. The summed E-state index contributed by atoms with van der Waals surface area (Å²) in [7, 11) is 0. The number of esters is 2. The van der Waals surface area contributed by atoms with Crippen LogP contribution in [0.3, 0.4) is 0 Å². The molecular formula is C66H76N8O12. The second-order valence-corrected chi connectivity index (χ2v) is 24.5. The van der Waals surface area contributed by atoms with Gasteiger partial charge in [0.25, 0.3) is 11.1 Å². The van der Waals surface area contributed by atoms with Gasteiger partial charge in [-0.3, -0.25) is 9.59 Å². The third-order valence-corrected chi connectivity index (χ3v) is 19.9. The van der Waals surface area contributed by atoms with Crippen LogP contribution in [0.4, 0.5) is 9.59 Å². The van der Waals surface area contributed by atoms with Gasteiger partial charge in [0.2, 0.25) is 0 Å². The van der Waals surface area contributed by atoms with Crippen molar-refractivity contribution in [2.75, 3.05) is 52.4 Å². The number of amides is 2. The Balaban J connectivity index is 0.000000160. The molecule has 0 saturated carbocycles. The number of carbonyl (C=O) groups is 4. The summed E-state index contributed by atoms with van der Waals surface area (Å²) >= 11 is 0. The molecule has 20 heteroatoms. The molecule has 0 spiro atoms. The maximum Gasteiger partial charge on any atom is 0.415 e. The van der Waals surface area contributed by atoms with Crippen molar-refractivity contribution in [2.24, 2.45) is 0 Å². The molecule has 452 valence electrons. The molecule has 86 heavy (non-hydrogen) atoms. The molecule has 4 saturated heterocycles. The van der Waals surface area contributed by atoms with E-state index in [1.807, 2.05) is 34.1 Å². The Kier molecular flexibility index (Phi) is 15.4. The largest absolute Gasteiger partial charge is 0.458 e. The van der Waals surface area contributed by atoms with Gasteiger partial charge in [0.05, 0.1) is 58.0 Å². The highest BCUT2D eigenvalue weighted by atomic mass is 16.6. The number of nitrogens with zero attached hydrogens (tertiary/aromatic N) is 8. The number of ether oxygens (including phenoxy) is 4. The number of rotatable bonds is 8. The van der Waals surface area contributed by atoms with E-state index < -0.39 is 23.1 Å². The normalized spacial score (nSPS) is 22.2. The van der Waals surface area contributed by atoms with Gasteiger partial charge in [-0.05, 0) is 163 Å². The van der Waals surface area contributed by atoms with Crippen molar-refractivity contribution in [3.05, 3.63) is 114 Å². The predicted octanol–water partition coefficient (Wildman–Crippen LogP) is 8.18. The van der Waals surface area contributed by atoms with Gasteiger partial charge in [0.15, 0.2) is 11.2 Å². The fraction of sp³-hybridized carbons (Fsp3) is 0.515. The van der Waals surface area contributed by atoms with Crippen LogP contribution in [0.1, 0.15) is 149 Å². The highest BCUT2D eigenvalue weighted by molar-refractivity contribution is 5.92. The Labute approximate surface area is 498 Å². The van der Waals surface area contributed by atoms with Crippen molar-refractivity contribution >= 4 is 45.9 Å². The minimum absolute atomic E-state index is 0.0951. The quantitative estimate of drug-likeness (QED) is 0.137. The van der Waals surface area contributed by atoms with E-state index in [0.717, 1.165) is 69.7 Å². The van der Waals surface area contributed by atoms with Crippen LogP contribution in [-0.2, 0) is 69.4 Å². The zero-order valence-corrected chi connectivity index (χ0v) is 49.7. The highest BCUT2D eigenvalue weighted by Gasteiger charge is 2.47. The van der Waals surface area contributed by atoms with Crippen LogP contribution in [0.2, 0.25) is 0 Å². The Morgan fingerprint density at radius 3 is 1.28 bits per heavy atom. The Morgan fingerprint density at radius 1 is 0.535 bits per heavy atom. The molecule has 8 aliphatic rings. The number of aromatic nitrogens is 4. The smallest absolute Gasteiger partial charge is 0.415 e. The molecule has 0 unspecified atom stereocenters. The zero-order valence-electron chi connectivity index (χ0n) is 49.7. The second-order valence-electron chi connectivity index (χ2n) is 24.5. The van der Waals surface area contributed by atoms with Crippen LogP contribution >= 0.6 is 0 Å². The summed E-state index contributed by atoms with van der Waals surface area (Å²) in [6, 6.07) is 15.5. The summed E-state index contributed by atoms with van der Waals surface area (Å²) in [5, 5.41) is 24.1. The number of aliphatic hydroxyl groups is 2. The topological polar surface area (TPSA) is 228 Å². The van der Waals surface area contributed by atoms with Gasteiger partial charge >= 0.3 is 24.1 Å². The van der Waals surface area contributed by atoms with Gasteiger partial charge in [0, 0.05) is 71.3 Å². The number of carbonyl (C=O) groups excluding carboxylic acids is 4. The van der Waals surface area contributed by atoms with Crippen LogP contribution in [0.15, 0.2) is 58.1 Å². The standard InChI is InChI=1S/2C33H38N4O6/c2*1-3-22-23-16-21(43-32(40)36-14-10-20(11-15-36)35-12-6-5-7-13-35)8-9-27(23)34-29-24(22)18-37-28(29)17-26-25(30(37)38)19-42-31(39)33(26,41)4-2/h2*8-9,16-17,20,41H,3-7,10-15,18-19H2,1-2H3/t2*33-/m00/s1. The van der Waals surface area contributed by atoms with Crippen molar-refractivity contribution in [2.45, 2.75) is 167 Å². The maximum atomic E-state index is 13.6. The SMILES string of the molecule is CCc1c2c(nc3ccc(OC(=O)N4CCC(N5CCCCC5)CC4)cc13)-c1cc3c(c(=O)n1C2)COC(=O)[C@]3(O)CC.CCc1c2c(nc3ccc(OC(=O)N4CCC(N5CCCCC5)CC4)cc13)-c1cc3c(c(=O)n1C2)COC(=O)[C@]3(O)CC. The first-order valence-electron chi connectivity index (χ1n) is 31.3. The minimum Gasteiger partial charge on any atom is -0.458 e. The molecule has 4 aromatic heterocycles. The number of aryl methyl sites for hydroxylation is 2. The zero-order chi connectivity index (χ0) is 59.8. The molecule has 2 amide bonds. The van der Waals surface area contributed by atoms with Gasteiger partial charge in [-0.25, -0.2) is 29.1 Å². The number of pyridine rings is 4. The lowest BCUT2D eigenvalue weighted by Gasteiger charge is -2.39. The number of likely N-dealkylation sites (tertiary alicyclic amines) is 4. The highest BCUT2D eigenvalue weighted by Crippen LogP contribution is 2.43. The lowest BCUT2D eigenvalue weighted by molar-refractivity contribution is -0.172. The van der Waals surface area contributed by atoms with Gasteiger partial charge in [-0.1, -0.05) is 40.5 Å². The van der Waals surface area contributed by atoms with E-state index in [0.29, 0.717) is 121 Å². The van der Waals surface area contributed by atoms with Crippen molar-refractivity contribution < 1.29 is 48.3 Å². The van der Waals surface area contributed by atoms with E-state index in [1.165, 1.54) is 64.7 Å². The summed E-state index contributed by atoms with van der Waals surface area (Å²) < 4.78 is 25.4. The fourth-order valence-corrected chi connectivity index (χ4v) is 14.9. The number of fused-ring (bicyclic) bond motifs is 10. The van der Waals surface area contributed by atoms with Crippen LogP contribution in [0, 0.1) is 0 Å². The summed E-state index contributed by atoms with van der Waals surface area (Å²) in [6.45, 7) is 15.3. The second kappa shape index (κ2) is 23.0. The van der Waals surface area contributed by atoms with Crippen molar-refractivity contribution in [3.63, 3.8) is 0 Å². The third-order valence-electron chi connectivity index (χ3n) is 19.9. The van der Waals surface area contributed by atoms with E-state index in [-0.39, 0.29) is 49.4 Å². The third kappa shape index (κ3) is 9.84. The van der Waals surface area contributed by atoms with Gasteiger partial charge in [-0.15, -0.1) is 0 Å². The van der Waals surface area contributed by atoms with E-state index >= 15 is 0 Å². The van der Waals surface area contributed by atoms with Crippen molar-refractivity contribution in [1.29, 1.82) is 0 Å². The number of hydrogen-bond donors (Lipinski definition) is 2. The van der Waals surface area contributed by atoms with Crippen molar-refractivity contribution in [3.8, 4) is 34.3 Å². The van der Waals surface area contributed by atoms with E-state index in [1.54, 1.807) is 47.2 Å². The molecule has 20 nitrogen and oxygen atoms in total. The molecule has 12 heterocycles. The fourth-order valence-electron chi connectivity index (χ4n) is 14.9. The number of cyclic esters (lactones) is 2. The van der Waals surface area contributed by atoms with Crippen LogP contribution < -0.4 is 20.6 Å². The molecule has 0 bridgehead atoms. The average Bonchev–Trinajstić information content (AvgIpc) is 1.64. The van der Waals surface area contributed by atoms with E-state index in [4.69, 9.17) is 28.9 Å². The summed E-state index contributed by atoms with van der Waals surface area (Å²) in [5.41, 5.74) is 4.77. The van der Waals surface area contributed by atoms with Crippen LogP contribution in [0.5, 0.6) is 11.5 Å². The minimum atomic E-state index is -1.86. The van der Waals surface area contributed by atoms with E-state index in [9.17, 15) is 39.0 Å². The monoisotopic (exact) mass is 1170 g/mol. The summed E-state index contributed by atoms with van der Waals surface area (Å²) in [4.78, 5) is 97.1. The summed E-state index contributed by atoms with van der Waals surface area (Å²) in [6.07, 6.45) is 12.5. The van der Waals surface area contributed by atoms with Crippen LogP contribution in [0.25, 0.3) is 44.6 Å². The molecule has 6 aromatic rings. The van der Waals surface area contributed by atoms with Gasteiger partial charge in [-0.2, -0.15) is 0 Å². The molecule has 2 aromatic carbocycles. The Hall–Kier alpha value is -7.52. The van der Waals surface area contributed by atoms with Crippen LogP contribution in [-0.4, -0.2) is 137 Å². The lowest BCUT2D eigenvalue weighted by Crippen LogP contribution is -2.48. The Bertz CT molecular complexity index is 3620. The summed E-state index contributed by atoms with van der Waals surface area (Å²) in [5.74, 6) is -0.531. The maximum absolute atomic E-state index is 13.6. The molecular weight excluding hydrogens is 1100 g/mol. The first-order chi connectivity index (χ1) is 41.6. The molecule has 8 aliphatic heterocycles. The first-order valence-corrected chi connectivity index (χ1v) is 31.3. The van der Waals surface area contributed by atoms with E-state index in [2.05, 4.69) is 23.6 Å². The predicted molar refractivity (Wildman–Crippen MR) is 320 cm³/mol. The molecule has 0 aliphatic carbocycles. The lowest BCUT2D eigenvalue weighted by atomic mass is 9.86.